The minimum absolute atomic E-state index is 0.162. The molecule has 1 saturated carbocycles. The zero-order valence-electron chi connectivity index (χ0n) is 21.4. The van der Waals surface area contributed by atoms with Crippen molar-refractivity contribution in [2.24, 2.45) is 5.41 Å². The lowest BCUT2D eigenvalue weighted by atomic mass is 9.63. The molecule has 6 rings (SSSR count). The molecule has 0 radical (unpaired) electrons. The van der Waals surface area contributed by atoms with E-state index in [1.165, 1.54) is 0 Å². The third-order valence-electron chi connectivity index (χ3n) is 7.97. The lowest BCUT2D eigenvalue weighted by molar-refractivity contribution is -0.195. The number of rotatable bonds is 7. The SMILES string of the molecule is Cc1ccccc1[C@@H](C)OC(=O)Nc1c(C)noc1-c1ccc(C23CCC(CC(=O)O)(CC2)CO3)cc1. The van der Waals surface area contributed by atoms with Crippen LogP contribution in [0.2, 0.25) is 0 Å². The molecule has 1 amide bonds. The first-order chi connectivity index (χ1) is 17.7. The number of anilines is 1. The second-order valence-corrected chi connectivity index (χ2v) is 10.4. The molecule has 8 nitrogen and oxygen atoms in total. The maximum absolute atomic E-state index is 12.7. The van der Waals surface area contributed by atoms with Gasteiger partial charge in [-0.25, -0.2) is 4.79 Å². The fourth-order valence-corrected chi connectivity index (χ4v) is 5.72. The molecule has 194 valence electrons. The van der Waals surface area contributed by atoms with Crippen LogP contribution in [-0.2, 0) is 19.9 Å². The number of hydrogen-bond donors (Lipinski definition) is 2. The van der Waals surface area contributed by atoms with E-state index in [1.807, 2.05) is 62.4 Å². The molecule has 1 aromatic heterocycles. The Balaban J connectivity index is 1.29. The van der Waals surface area contributed by atoms with Gasteiger partial charge in [-0.15, -0.1) is 0 Å². The summed E-state index contributed by atoms with van der Waals surface area (Å²) in [7, 11) is 0. The van der Waals surface area contributed by atoms with Crippen LogP contribution in [0.1, 0.15) is 67.5 Å². The van der Waals surface area contributed by atoms with E-state index in [9.17, 15) is 14.7 Å². The minimum Gasteiger partial charge on any atom is -0.481 e. The predicted molar refractivity (Wildman–Crippen MR) is 137 cm³/mol. The van der Waals surface area contributed by atoms with Gasteiger partial charge in [0.2, 0.25) is 0 Å². The fraction of sp³-hybridized carbons (Fsp3) is 0.414. The number of nitrogens with one attached hydrogen (secondary N) is 1. The summed E-state index contributed by atoms with van der Waals surface area (Å²) in [6.07, 6.45) is 2.47. The van der Waals surface area contributed by atoms with Crippen LogP contribution in [0, 0.1) is 19.3 Å². The topological polar surface area (TPSA) is 111 Å². The van der Waals surface area contributed by atoms with Crippen molar-refractivity contribution in [1.29, 1.82) is 0 Å². The number of hydrogen-bond acceptors (Lipinski definition) is 6. The van der Waals surface area contributed by atoms with Crippen LogP contribution in [0.15, 0.2) is 53.1 Å². The Labute approximate surface area is 216 Å². The lowest BCUT2D eigenvalue weighted by Crippen LogP contribution is -2.50. The molecule has 3 fully saturated rings. The van der Waals surface area contributed by atoms with Crippen LogP contribution in [0.25, 0.3) is 11.3 Å². The van der Waals surface area contributed by atoms with Crippen LogP contribution in [0.3, 0.4) is 0 Å². The van der Waals surface area contributed by atoms with Crippen molar-refractivity contribution >= 4 is 17.7 Å². The first-order valence-electron chi connectivity index (χ1n) is 12.7. The van der Waals surface area contributed by atoms with E-state index in [-0.39, 0.29) is 17.4 Å². The molecule has 1 aliphatic carbocycles. The van der Waals surface area contributed by atoms with Gasteiger partial charge in [0.15, 0.2) is 5.76 Å². The number of benzene rings is 2. The van der Waals surface area contributed by atoms with E-state index < -0.39 is 18.2 Å². The van der Waals surface area contributed by atoms with E-state index in [4.69, 9.17) is 14.0 Å². The number of amides is 1. The van der Waals surface area contributed by atoms with Gasteiger partial charge in [0, 0.05) is 11.0 Å². The Morgan fingerprint density at radius 2 is 1.78 bits per heavy atom. The smallest absolute Gasteiger partial charge is 0.412 e. The van der Waals surface area contributed by atoms with Crippen molar-refractivity contribution in [3.05, 3.63) is 70.9 Å². The van der Waals surface area contributed by atoms with E-state index in [0.717, 1.165) is 47.9 Å². The highest BCUT2D eigenvalue weighted by Gasteiger charge is 2.51. The molecule has 2 aromatic carbocycles. The number of aliphatic carboxylic acids is 1. The first-order valence-corrected chi connectivity index (χ1v) is 12.7. The molecule has 8 heteroatoms. The van der Waals surface area contributed by atoms with E-state index >= 15 is 0 Å². The minimum atomic E-state index is -0.761. The number of ether oxygens (including phenoxy) is 2. The monoisotopic (exact) mass is 504 g/mol. The van der Waals surface area contributed by atoms with Gasteiger partial charge in [-0.1, -0.05) is 53.7 Å². The number of nitrogens with zero attached hydrogens (tertiary/aromatic N) is 1. The molecule has 0 unspecified atom stereocenters. The van der Waals surface area contributed by atoms with Crippen LogP contribution < -0.4 is 5.32 Å². The number of carbonyl (C=O) groups is 2. The van der Waals surface area contributed by atoms with Crippen LogP contribution >= 0.6 is 0 Å². The Kier molecular flexibility index (Phi) is 6.54. The summed E-state index contributed by atoms with van der Waals surface area (Å²) in [6, 6.07) is 15.7. The Hall–Kier alpha value is -3.65. The highest BCUT2D eigenvalue weighted by atomic mass is 16.6. The number of carbonyl (C=O) groups excluding carboxylic acids is 1. The second-order valence-electron chi connectivity index (χ2n) is 10.4. The molecule has 0 spiro atoms. The zero-order valence-corrected chi connectivity index (χ0v) is 21.4. The van der Waals surface area contributed by atoms with Crippen molar-refractivity contribution in [1.82, 2.24) is 5.16 Å². The molecule has 3 aliphatic rings. The van der Waals surface area contributed by atoms with Crippen molar-refractivity contribution in [2.45, 2.75) is 64.6 Å². The quantitative estimate of drug-likeness (QED) is 0.376. The number of aromatic nitrogens is 1. The molecule has 2 N–H and O–H groups in total. The molecule has 3 aromatic rings. The third kappa shape index (κ3) is 4.85. The second kappa shape index (κ2) is 9.67. The van der Waals surface area contributed by atoms with E-state index in [2.05, 4.69) is 10.5 Å². The fourth-order valence-electron chi connectivity index (χ4n) is 5.72. The average Bonchev–Trinajstić information content (AvgIpc) is 3.24. The summed E-state index contributed by atoms with van der Waals surface area (Å²) in [4.78, 5) is 24.0. The third-order valence-corrected chi connectivity index (χ3v) is 7.97. The average molecular weight is 505 g/mol. The number of aryl methyl sites for hydroxylation is 2. The summed E-state index contributed by atoms with van der Waals surface area (Å²) < 4.78 is 17.5. The van der Waals surface area contributed by atoms with Gasteiger partial charge >= 0.3 is 12.1 Å². The number of carboxylic acids is 1. The van der Waals surface area contributed by atoms with Gasteiger partial charge in [-0.3, -0.25) is 10.1 Å². The molecule has 2 bridgehead atoms. The summed E-state index contributed by atoms with van der Waals surface area (Å²) in [5.41, 5.74) is 4.24. The predicted octanol–water partition coefficient (Wildman–Crippen LogP) is 6.53. The molecule has 3 heterocycles. The maximum Gasteiger partial charge on any atom is 0.412 e. The van der Waals surface area contributed by atoms with Crippen LogP contribution in [-0.4, -0.2) is 28.9 Å². The highest BCUT2D eigenvalue weighted by molar-refractivity contribution is 5.90. The standard InChI is InChI=1S/C29H32N2O6/c1-18-6-4-5-7-23(18)20(3)36-27(34)30-25-19(2)31-37-26(25)21-8-10-22(11-9-21)29-14-12-28(13-15-29,17-35-29)16-24(32)33/h4-11,20H,12-17H2,1-3H3,(H,30,34)(H,32,33)/t20-,28?,29?/m1/s1. The van der Waals surface area contributed by atoms with Gasteiger partial charge in [0.05, 0.1) is 18.6 Å². The molecule has 2 aliphatic heterocycles. The van der Waals surface area contributed by atoms with Gasteiger partial charge in [0.25, 0.3) is 0 Å². The van der Waals surface area contributed by atoms with E-state index in [0.29, 0.717) is 23.7 Å². The van der Waals surface area contributed by atoms with Gasteiger partial charge in [-0.05, 0) is 63.1 Å². The van der Waals surface area contributed by atoms with Crippen LogP contribution in [0.4, 0.5) is 10.5 Å². The molecular weight excluding hydrogens is 472 g/mol. The van der Waals surface area contributed by atoms with Gasteiger partial charge in [0.1, 0.15) is 17.5 Å². The van der Waals surface area contributed by atoms with E-state index in [1.54, 1.807) is 6.92 Å². The largest absolute Gasteiger partial charge is 0.481 e. The summed E-state index contributed by atoms with van der Waals surface area (Å²) in [5.74, 6) is -0.307. The number of fused-ring (bicyclic) bond motifs is 3. The Morgan fingerprint density at radius 1 is 1.08 bits per heavy atom. The Morgan fingerprint density at radius 3 is 2.41 bits per heavy atom. The first kappa shape index (κ1) is 25.0. The lowest BCUT2D eigenvalue weighted by Gasteiger charge is -2.53. The molecule has 2 saturated heterocycles. The zero-order chi connectivity index (χ0) is 26.2. The van der Waals surface area contributed by atoms with Crippen molar-refractivity contribution in [2.75, 3.05) is 11.9 Å². The summed E-state index contributed by atoms with van der Waals surface area (Å²) >= 11 is 0. The summed E-state index contributed by atoms with van der Waals surface area (Å²) in [5, 5.41) is 16.1. The molecule has 37 heavy (non-hydrogen) atoms. The van der Waals surface area contributed by atoms with Crippen LogP contribution in [0.5, 0.6) is 0 Å². The molecule has 1 atom stereocenters. The maximum atomic E-state index is 12.7. The van der Waals surface area contributed by atoms with Crippen molar-refractivity contribution < 1.29 is 28.7 Å². The molecular formula is C29H32N2O6. The Bertz CT molecular complexity index is 1290. The van der Waals surface area contributed by atoms with Crippen molar-refractivity contribution in [3.63, 3.8) is 0 Å². The van der Waals surface area contributed by atoms with Gasteiger partial charge < -0.3 is 19.1 Å². The van der Waals surface area contributed by atoms with Gasteiger partial charge in [-0.2, -0.15) is 0 Å². The van der Waals surface area contributed by atoms with Crippen molar-refractivity contribution in [3.8, 4) is 11.3 Å². The number of carboxylic acid groups (broad SMARTS) is 1. The highest BCUT2D eigenvalue weighted by Crippen LogP contribution is 2.55. The summed E-state index contributed by atoms with van der Waals surface area (Å²) in [6.45, 7) is 6.06. The normalized spacial score (nSPS) is 23.4.